The molecule has 5 rings (SSSR count). The average Bonchev–Trinajstić information content (AvgIpc) is 3.40. The highest BCUT2D eigenvalue weighted by Crippen LogP contribution is 2.33. The van der Waals surface area contributed by atoms with Gasteiger partial charge in [0.1, 0.15) is 35.3 Å². The number of fused-ring (bicyclic) bond motifs is 1. The Labute approximate surface area is 182 Å². The van der Waals surface area contributed by atoms with Crippen LogP contribution in [0.3, 0.4) is 0 Å². The van der Waals surface area contributed by atoms with Crippen LogP contribution in [0, 0.1) is 11.6 Å². The third-order valence-electron chi connectivity index (χ3n) is 4.88. The van der Waals surface area contributed by atoms with E-state index in [2.05, 4.69) is 20.2 Å². The molecule has 3 aromatic rings. The van der Waals surface area contributed by atoms with Crippen molar-refractivity contribution in [2.24, 2.45) is 0 Å². The smallest absolute Gasteiger partial charge is 0.359 e. The molecular formula is C22H12F5N5O. The van der Waals surface area contributed by atoms with Crippen molar-refractivity contribution in [2.75, 3.05) is 0 Å². The number of hydrogen-bond acceptors (Lipinski definition) is 5. The molecule has 0 saturated heterocycles. The Morgan fingerprint density at radius 3 is 2.39 bits per heavy atom. The molecule has 0 unspecified atom stereocenters. The molecule has 6 nitrogen and oxygen atoms in total. The SMILES string of the molecule is Fc1cc(C(F)(F)F)ccc1-c1cc(Cn2cc3nc(-c4ccccc4F)nc-3cn2)on1. The van der Waals surface area contributed by atoms with Crippen LogP contribution in [0.15, 0.2) is 65.4 Å². The van der Waals surface area contributed by atoms with Crippen LogP contribution in [0.5, 0.6) is 0 Å². The summed E-state index contributed by atoms with van der Waals surface area (Å²) in [6, 6.07) is 9.73. The van der Waals surface area contributed by atoms with Crippen molar-refractivity contribution in [1.82, 2.24) is 24.9 Å². The highest BCUT2D eigenvalue weighted by Gasteiger charge is 2.31. The molecule has 0 atom stereocenters. The molecule has 2 aliphatic rings. The van der Waals surface area contributed by atoms with Gasteiger partial charge in [0, 0.05) is 11.6 Å². The first kappa shape index (κ1) is 20.7. The molecule has 0 spiro atoms. The summed E-state index contributed by atoms with van der Waals surface area (Å²) in [6.07, 6.45) is -1.61. The molecule has 0 N–H and O–H groups in total. The van der Waals surface area contributed by atoms with Crippen molar-refractivity contribution in [2.45, 2.75) is 12.7 Å². The van der Waals surface area contributed by atoms with Crippen molar-refractivity contribution in [3.8, 4) is 34.0 Å². The molecule has 2 aromatic carbocycles. The molecule has 0 aliphatic carbocycles. The Kier molecular flexibility index (Phi) is 4.88. The lowest BCUT2D eigenvalue weighted by Gasteiger charge is -2.07. The minimum Gasteiger partial charge on any atom is -0.359 e. The van der Waals surface area contributed by atoms with Crippen LogP contribution in [-0.4, -0.2) is 24.9 Å². The largest absolute Gasteiger partial charge is 0.416 e. The summed E-state index contributed by atoms with van der Waals surface area (Å²) in [4.78, 5) is 8.62. The third-order valence-corrected chi connectivity index (χ3v) is 4.88. The van der Waals surface area contributed by atoms with E-state index in [0.717, 1.165) is 12.1 Å². The fourth-order valence-corrected chi connectivity index (χ4v) is 3.28. The van der Waals surface area contributed by atoms with Gasteiger partial charge in [-0.1, -0.05) is 17.3 Å². The first-order chi connectivity index (χ1) is 15.8. The molecule has 0 fully saturated rings. The molecule has 166 valence electrons. The van der Waals surface area contributed by atoms with Crippen molar-refractivity contribution in [3.05, 3.63) is 83.9 Å². The molecule has 2 aliphatic heterocycles. The molecule has 0 saturated carbocycles. The van der Waals surface area contributed by atoms with Gasteiger partial charge in [0.2, 0.25) is 0 Å². The number of nitrogens with zero attached hydrogens (tertiary/aromatic N) is 5. The van der Waals surface area contributed by atoms with E-state index in [9.17, 15) is 22.0 Å². The van der Waals surface area contributed by atoms with Gasteiger partial charge in [0.25, 0.3) is 0 Å². The van der Waals surface area contributed by atoms with Gasteiger partial charge in [-0.25, -0.2) is 18.7 Å². The zero-order valence-corrected chi connectivity index (χ0v) is 16.5. The van der Waals surface area contributed by atoms with Crippen LogP contribution in [0.4, 0.5) is 22.0 Å². The number of alkyl halides is 3. The molecule has 0 bridgehead atoms. The van der Waals surface area contributed by atoms with Crippen LogP contribution in [0.25, 0.3) is 34.0 Å². The van der Waals surface area contributed by atoms with Gasteiger partial charge in [0.05, 0.1) is 23.5 Å². The zero-order chi connectivity index (χ0) is 23.2. The normalized spacial score (nSPS) is 11.9. The van der Waals surface area contributed by atoms with E-state index in [0.29, 0.717) is 17.5 Å². The summed E-state index contributed by atoms with van der Waals surface area (Å²) in [7, 11) is 0. The van der Waals surface area contributed by atoms with Crippen molar-refractivity contribution >= 4 is 0 Å². The molecule has 33 heavy (non-hydrogen) atoms. The van der Waals surface area contributed by atoms with Crippen LogP contribution in [0.1, 0.15) is 11.3 Å². The third kappa shape index (κ3) is 4.04. The fourth-order valence-electron chi connectivity index (χ4n) is 3.28. The molecule has 0 radical (unpaired) electrons. The first-order valence-corrected chi connectivity index (χ1v) is 9.56. The second kappa shape index (κ2) is 7.76. The number of rotatable bonds is 4. The summed E-state index contributed by atoms with van der Waals surface area (Å²) >= 11 is 0. The lowest BCUT2D eigenvalue weighted by molar-refractivity contribution is -0.137. The highest BCUT2D eigenvalue weighted by atomic mass is 19.4. The number of halogens is 5. The van der Waals surface area contributed by atoms with E-state index in [1.54, 1.807) is 24.4 Å². The quantitative estimate of drug-likeness (QED) is 0.336. The molecule has 1 aromatic heterocycles. The molecule has 11 heteroatoms. The monoisotopic (exact) mass is 457 g/mol. The maximum Gasteiger partial charge on any atom is 0.416 e. The maximum absolute atomic E-state index is 14.2. The Balaban J connectivity index is 1.39. The Morgan fingerprint density at radius 1 is 0.848 bits per heavy atom. The van der Waals surface area contributed by atoms with Crippen LogP contribution < -0.4 is 0 Å². The van der Waals surface area contributed by atoms with Gasteiger partial charge in [0.15, 0.2) is 11.6 Å². The van der Waals surface area contributed by atoms with Crippen molar-refractivity contribution in [3.63, 3.8) is 0 Å². The summed E-state index contributed by atoms with van der Waals surface area (Å²) < 4.78 is 73.1. The van der Waals surface area contributed by atoms with Crippen LogP contribution in [0.2, 0.25) is 0 Å². The Morgan fingerprint density at radius 2 is 1.64 bits per heavy atom. The van der Waals surface area contributed by atoms with E-state index in [-0.39, 0.29) is 35.0 Å². The first-order valence-electron chi connectivity index (χ1n) is 9.56. The van der Waals surface area contributed by atoms with E-state index in [1.807, 2.05) is 0 Å². The number of benzene rings is 2. The minimum absolute atomic E-state index is 0.0489. The Bertz CT molecular complexity index is 1420. The number of imidazole rings is 1. The minimum atomic E-state index is -4.65. The van der Waals surface area contributed by atoms with Gasteiger partial charge in [-0.05, 0) is 30.3 Å². The lowest BCUT2D eigenvalue weighted by atomic mass is 10.1. The Hall–Kier alpha value is -4.15. The maximum atomic E-state index is 14.2. The second-order valence-electron chi connectivity index (χ2n) is 7.14. The predicted octanol–water partition coefficient (Wildman–Crippen LogP) is 5.45. The van der Waals surface area contributed by atoms with Gasteiger partial charge in [-0.3, -0.25) is 4.68 Å². The second-order valence-corrected chi connectivity index (χ2v) is 7.14. The highest BCUT2D eigenvalue weighted by molar-refractivity contribution is 5.65. The van der Waals surface area contributed by atoms with Crippen molar-refractivity contribution < 1.29 is 26.5 Å². The lowest BCUT2D eigenvalue weighted by Crippen LogP contribution is -2.05. The van der Waals surface area contributed by atoms with Crippen molar-refractivity contribution in [1.29, 1.82) is 0 Å². The molecule has 3 heterocycles. The van der Waals surface area contributed by atoms with E-state index < -0.39 is 23.4 Å². The topological polar surface area (TPSA) is 69.6 Å². The molecular weight excluding hydrogens is 445 g/mol. The van der Waals surface area contributed by atoms with E-state index >= 15 is 0 Å². The number of aromatic nitrogens is 5. The van der Waals surface area contributed by atoms with Gasteiger partial charge >= 0.3 is 6.18 Å². The summed E-state index contributed by atoms with van der Waals surface area (Å²) in [5.41, 5.74) is 0.0341. The summed E-state index contributed by atoms with van der Waals surface area (Å²) in [6.45, 7) is 0.0904. The van der Waals surface area contributed by atoms with Crippen LogP contribution in [-0.2, 0) is 12.7 Å². The van der Waals surface area contributed by atoms with Gasteiger partial charge in [-0.15, -0.1) is 0 Å². The van der Waals surface area contributed by atoms with E-state index in [4.69, 9.17) is 4.52 Å². The number of hydrogen-bond donors (Lipinski definition) is 0. The average molecular weight is 457 g/mol. The van der Waals surface area contributed by atoms with Gasteiger partial charge < -0.3 is 4.52 Å². The predicted molar refractivity (Wildman–Crippen MR) is 106 cm³/mol. The fraction of sp³-hybridized carbons (Fsp3) is 0.0909. The molecule has 0 amide bonds. The summed E-state index contributed by atoms with van der Waals surface area (Å²) in [5, 5.41) is 7.95. The van der Waals surface area contributed by atoms with E-state index in [1.165, 1.54) is 23.0 Å². The summed E-state index contributed by atoms with van der Waals surface area (Å²) in [5.74, 6) is -1.000. The van der Waals surface area contributed by atoms with Crippen LogP contribution >= 0.6 is 0 Å². The standard InChI is InChI=1S/C22H12F5N5O/c23-16-4-2-1-3-15(16)21-29-19-9-28-32(11-20(19)30-21)10-13-8-18(31-33-13)14-6-5-12(7-17(14)24)22(25,26)27/h1-9,11H,10H2. The van der Waals surface area contributed by atoms with Gasteiger partial charge in [-0.2, -0.15) is 18.3 Å². The zero-order valence-electron chi connectivity index (χ0n) is 16.5.